The second-order valence-electron chi connectivity index (χ2n) is 8.12. The minimum absolute atomic E-state index is 0.0238. The summed E-state index contributed by atoms with van der Waals surface area (Å²) in [7, 11) is 0. The maximum absolute atomic E-state index is 13.0. The van der Waals surface area contributed by atoms with Crippen LogP contribution in [0.3, 0.4) is 0 Å². The predicted molar refractivity (Wildman–Crippen MR) is 116 cm³/mol. The molecule has 3 aromatic rings. The zero-order valence-corrected chi connectivity index (χ0v) is 16.9. The Balaban J connectivity index is 1.39. The van der Waals surface area contributed by atoms with E-state index in [1.54, 1.807) is 24.5 Å². The van der Waals surface area contributed by atoms with E-state index in [1.807, 2.05) is 48.5 Å². The number of benzene rings is 2. The number of ether oxygens (including phenoxy) is 3. The molecule has 2 aromatic carbocycles. The van der Waals surface area contributed by atoms with E-state index in [0.29, 0.717) is 12.2 Å². The number of carbonyl (C=O) groups is 1. The smallest absolute Gasteiger partial charge is 0.295 e. The summed E-state index contributed by atoms with van der Waals surface area (Å²) in [4.78, 5) is 17.0. The van der Waals surface area contributed by atoms with Crippen molar-refractivity contribution in [2.24, 2.45) is 0 Å². The van der Waals surface area contributed by atoms with Crippen LogP contribution in [0.15, 0.2) is 84.2 Å². The van der Waals surface area contributed by atoms with Gasteiger partial charge in [0.2, 0.25) is 0 Å². The molecular formula is C26H21NO4. The Bertz CT molecular complexity index is 1200. The fourth-order valence-corrected chi connectivity index (χ4v) is 4.81. The number of fused-ring (bicyclic) bond motifs is 1. The molecule has 0 radical (unpaired) electrons. The first-order valence-electron chi connectivity index (χ1n) is 10.6. The van der Waals surface area contributed by atoms with Crippen LogP contribution >= 0.6 is 0 Å². The molecule has 2 aliphatic carbocycles. The van der Waals surface area contributed by atoms with E-state index in [2.05, 4.69) is 4.98 Å². The Labute approximate surface area is 180 Å². The number of allylic oxidation sites excluding steroid dienone is 1. The molecular weight excluding hydrogens is 390 g/mol. The van der Waals surface area contributed by atoms with Gasteiger partial charge in [-0.15, -0.1) is 0 Å². The molecule has 31 heavy (non-hydrogen) atoms. The van der Waals surface area contributed by atoms with Crippen molar-refractivity contribution in [3.8, 4) is 11.5 Å². The van der Waals surface area contributed by atoms with Crippen molar-refractivity contribution in [3.63, 3.8) is 0 Å². The molecule has 5 heteroatoms. The summed E-state index contributed by atoms with van der Waals surface area (Å²) < 4.78 is 19.2. The SMILES string of the molecule is O=C1C=CC2(Oc3cccc4cccc(c34)O2)C2=C1C(OCc1ccncc1)CCC2. The van der Waals surface area contributed by atoms with Gasteiger partial charge in [0.25, 0.3) is 5.79 Å². The third-order valence-electron chi connectivity index (χ3n) is 6.23. The first-order chi connectivity index (χ1) is 15.2. The third kappa shape index (κ3) is 2.96. The van der Waals surface area contributed by atoms with E-state index < -0.39 is 5.79 Å². The molecule has 1 unspecified atom stereocenters. The van der Waals surface area contributed by atoms with Crippen LogP contribution in [0.5, 0.6) is 11.5 Å². The van der Waals surface area contributed by atoms with E-state index in [-0.39, 0.29) is 11.9 Å². The molecule has 0 saturated carbocycles. The number of carbonyl (C=O) groups excluding carboxylic acids is 1. The number of hydrogen-bond donors (Lipinski definition) is 0. The number of pyridine rings is 1. The second kappa shape index (κ2) is 7.06. The summed E-state index contributed by atoms with van der Waals surface area (Å²) in [6.07, 6.45) is 8.97. The molecule has 154 valence electrons. The van der Waals surface area contributed by atoms with Crippen molar-refractivity contribution < 1.29 is 19.0 Å². The quantitative estimate of drug-likeness (QED) is 0.613. The van der Waals surface area contributed by atoms with Gasteiger partial charge in [0.1, 0.15) is 11.5 Å². The van der Waals surface area contributed by atoms with Gasteiger partial charge in [-0.3, -0.25) is 9.78 Å². The second-order valence-corrected chi connectivity index (χ2v) is 8.12. The van der Waals surface area contributed by atoms with Crippen molar-refractivity contribution in [2.75, 3.05) is 0 Å². The summed E-state index contributed by atoms with van der Waals surface area (Å²) >= 11 is 0. The first-order valence-corrected chi connectivity index (χ1v) is 10.6. The van der Waals surface area contributed by atoms with Crippen LogP contribution in [0.4, 0.5) is 0 Å². The average Bonchev–Trinajstić information content (AvgIpc) is 2.81. The normalized spacial score (nSPS) is 21.0. The van der Waals surface area contributed by atoms with Gasteiger partial charge >= 0.3 is 0 Å². The summed E-state index contributed by atoms with van der Waals surface area (Å²) in [6, 6.07) is 15.8. The van der Waals surface area contributed by atoms with Gasteiger partial charge in [-0.25, -0.2) is 0 Å². The number of rotatable bonds is 3. The maximum Gasteiger partial charge on any atom is 0.295 e. The van der Waals surface area contributed by atoms with Gasteiger partial charge in [-0.05, 0) is 60.6 Å². The van der Waals surface area contributed by atoms with Crippen LogP contribution in [-0.2, 0) is 16.1 Å². The van der Waals surface area contributed by atoms with E-state index in [0.717, 1.165) is 52.7 Å². The van der Waals surface area contributed by atoms with Gasteiger partial charge in [0.15, 0.2) is 5.78 Å². The van der Waals surface area contributed by atoms with Crippen molar-refractivity contribution in [1.82, 2.24) is 4.98 Å². The van der Waals surface area contributed by atoms with Crippen molar-refractivity contribution in [1.29, 1.82) is 0 Å². The lowest BCUT2D eigenvalue weighted by Crippen LogP contribution is -2.49. The van der Waals surface area contributed by atoms with Crippen LogP contribution < -0.4 is 9.47 Å². The van der Waals surface area contributed by atoms with Gasteiger partial charge in [-0.2, -0.15) is 0 Å². The van der Waals surface area contributed by atoms with Crippen LogP contribution in [0, 0.1) is 0 Å². The van der Waals surface area contributed by atoms with Crippen LogP contribution in [0.25, 0.3) is 10.8 Å². The minimum Gasteiger partial charge on any atom is -0.444 e. The molecule has 6 rings (SSSR count). The Kier molecular flexibility index (Phi) is 4.18. The van der Waals surface area contributed by atoms with Crippen LogP contribution in [0.2, 0.25) is 0 Å². The lowest BCUT2D eigenvalue weighted by Gasteiger charge is -2.43. The van der Waals surface area contributed by atoms with Gasteiger partial charge in [0.05, 0.1) is 18.1 Å². The Morgan fingerprint density at radius 1 is 1.03 bits per heavy atom. The highest BCUT2D eigenvalue weighted by molar-refractivity contribution is 6.07. The zero-order chi connectivity index (χ0) is 20.8. The number of ketones is 1. The number of aromatic nitrogens is 1. The molecule has 0 bridgehead atoms. The lowest BCUT2D eigenvalue weighted by molar-refractivity contribution is -0.115. The van der Waals surface area contributed by atoms with Gasteiger partial charge in [-0.1, -0.05) is 24.3 Å². The third-order valence-corrected chi connectivity index (χ3v) is 6.23. The van der Waals surface area contributed by atoms with Gasteiger partial charge < -0.3 is 14.2 Å². The average molecular weight is 411 g/mol. The largest absolute Gasteiger partial charge is 0.444 e. The fourth-order valence-electron chi connectivity index (χ4n) is 4.81. The highest BCUT2D eigenvalue weighted by atomic mass is 16.7. The fraction of sp³-hybridized carbons (Fsp3) is 0.231. The minimum atomic E-state index is -1.11. The standard InChI is InChI=1S/C26H21NO4/c28-20-10-13-26(30-22-8-1-4-18-5-2-9-23(31-26)24(18)22)19-6-3-7-21(25(19)20)29-16-17-11-14-27-15-12-17/h1-2,4-5,8-15,21H,3,6-7,16H2. The van der Waals surface area contributed by atoms with E-state index in [9.17, 15) is 4.79 Å². The summed E-state index contributed by atoms with van der Waals surface area (Å²) in [5.74, 6) is 0.407. The molecule has 1 aliphatic heterocycles. The van der Waals surface area contributed by atoms with Crippen molar-refractivity contribution in [3.05, 3.63) is 89.8 Å². The van der Waals surface area contributed by atoms with Crippen LogP contribution in [-0.4, -0.2) is 22.7 Å². The maximum atomic E-state index is 13.0. The van der Waals surface area contributed by atoms with Crippen molar-refractivity contribution >= 4 is 16.6 Å². The van der Waals surface area contributed by atoms with E-state index >= 15 is 0 Å². The highest BCUT2D eigenvalue weighted by Crippen LogP contribution is 2.48. The van der Waals surface area contributed by atoms with E-state index in [1.165, 1.54) is 0 Å². The molecule has 0 amide bonds. The molecule has 1 atom stereocenters. The molecule has 2 heterocycles. The molecule has 1 spiro atoms. The number of nitrogens with zero attached hydrogens (tertiary/aromatic N) is 1. The van der Waals surface area contributed by atoms with Crippen molar-refractivity contribution in [2.45, 2.75) is 37.8 Å². The summed E-state index contributed by atoms with van der Waals surface area (Å²) in [5.41, 5.74) is 2.58. The lowest BCUT2D eigenvalue weighted by atomic mass is 9.79. The zero-order valence-electron chi connectivity index (χ0n) is 16.9. The Hall–Kier alpha value is -3.44. The molecule has 3 aliphatic rings. The summed E-state index contributed by atoms with van der Waals surface area (Å²) in [5, 5.41) is 2.03. The van der Waals surface area contributed by atoms with Crippen LogP contribution in [0.1, 0.15) is 24.8 Å². The highest BCUT2D eigenvalue weighted by Gasteiger charge is 2.48. The van der Waals surface area contributed by atoms with E-state index in [4.69, 9.17) is 14.2 Å². The molecule has 0 saturated heterocycles. The number of hydrogen-bond acceptors (Lipinski definition) is 5. The monoisotopic (exact) mass is 411 g/mol. The first kappa shape index (κ1) is 18.3. The Morgan fingerprint density at radius 2 is 1.77 bits per heavy atom. The molecule has 0 N–H and O–H groups in total. The predicted octanol–water partition coefficient (Wildman–Crippen LogP) is 4.91. The molecule has 5 nitrogen and oxygen atoms in total. The van der Waals surface area contributed by atoms with Gasteiger partial charge in [0, 0.05) is 29.6 Å². The Morgan fingerprint density at radius 3 is 2.52 bits per heavy atom. The topological polar surface area (TPSA) is 57.7 Å². The molecule has 1 aromatic heterocycles. The molecule has 0 fully saturated rings. The summed E-state index contributed by atoms with van der Waals surface area (Å²) in [6.45, 7) is 0.428.